The molecule has 2 aliphatic rings. The number of carbonyl (C=O) groups excluding carboxylic acids is 1. The molecule has 2 aromatic carbocycles. The minimum atomic E-state index is -0.692. The molecule has 0 spiro atoms. The molecule has 1 aliphatic heterocycles. The van der Waals surface area contributed by atoms with Gasteiger partial charge in [-0.25, -0.2) is 4.98 Å². The van der Waals surface area contributed by atoms with Gasteiger partial charge < -0.3 is 21.3 Å². The maximum absolute atomic E-state index is 14.1. The Morgan fingerprint density at radius 1 is 0.884 bits per heavy atom. The van der Waals surface area contributed by atoms with Gasteiger partial charge in [0.25, 0.3) is 5.56 Å². The number of Topliss-reactive ketones (excluding diaryl/α,β-unsaturated/α-hetero) is 1. The highest BCUT2D eigenvalue weighted by molar-refractivity contribution is 5.90. The summed E-state index contributed by atoms with van der Waals surface area (Å²) >= 11 is 0. The topological polar surface area (TPSA) is 126 Å². The summed E-state index contributed by atoms with van der Waals surface area (Å²) in [5, 5.41) is 14.1. The van der Waals surface area contributed by atoms with Crippen LogP contribution in [0.3, 0.4) is 0 Å². The van der Waals surface area contributed by atoms with Crippen LogP contribution in [0.1, 0.15) is 30.0 Å². The number of nitrogens with one attached hydrogen (secondary N) is 4. The van der Waals surface area contributed by atoms with E-state index in [1.54, 1.807) is 30.7 Å². The fourth-order valence-corrected chi connectivity index (χ4v) is 5.93. The van der Waals surface area contributed by atoms with Gasteiger partial charge in [0, 0.05) is 54.6 Å². The third-order valence-electron chi connectivity index (χ3n) is 8.10. The second-order valence-electron chi connectivity index (χ2n) is 11.1. The number of carbonyl (C=O) groups is 1. The van der Waals surface area contributed by atoms with E-state index in [1.807, 2.05) is 54.6 Å². The van der Waals surface area contributed by atoms with Crippen LogP contribution in [0.25, 0.3) is 11.0 Å². The first kappa shape index (κ1) is 26.8. The molecule has 2 atom stereocenters. The van der Waals surface area contributed by atoms with Crippen molar-refractivity contribution in [2.24, 2.45) is 0 Å². The smallest absolute Gasteiger partial charge is 0.276 e. The number of aromatic nitrogens is 4. The highest BCUT2D eigenvalue weighted by Gasteiger charge is 2.30. The van der Waals surface area contributed by atoms with Crippen molar-refractivity contribution in [3.63, 3.8) is 0 Å². The maximum Gasteiger partial charge on any atom is 0.276 e. The zero-order chi connectivity index (χ0) is 29.2. The Bertz CT molecular complexity index is 1830. The van der Waals surface area contributed by atoms with Crippen LogP contribution in [0.15, 0.2) is 90.1 Å². The van der Waals surface area contributed by atoms with E-state index in [0.29, 0.717) is 40.8 Å². The number of fused-ring (bicyclic) bond motifs is 2. The van der Waals surface area contributed by atoms with Crippen molar-refractivity contribution in [3.8, 4) is 0 Å². The molecule has 216 valence electrons. The number of piperidine rings is 1. The van der Waals surface area contributed by atoms with E-state index in [2.05, 4.69) is 31.2 Å². The number of hydrogen-bond acceptors (Lipinski definition) is 9. The Labute approximate surface area is 248 Å². The van der Waals surface area contributed by atoms with Crippen molar-refractivity contribution in [2.45, 2.75) is 37.8 Å². The number of pyridine rings is 2. The van der Waals surface area contributed by atoms with E-state index >= 15 is 0 Å². The molecule has 1 fully saturated rings. The normalized spacial score (nSPS) is 18.2. The molecule has 3 aromatic heterocycles. The number of benzene rings is 2. The molecule has 4 heterocycles. The first-order chi connectivity index (χ1) is 21.1. The van der Waals surface area contributed by atoms with Gasteiger partial charge in [-0.05, 0) is 73.0 Å². The molecule has 2 unspecified atom stereocenters. The third-order valence-corrected chi connectivity index (χ3v) is 8.10. The van der Waals surface area contributed by atoms with Gasteiger partial charge >= 0.3 is 0 Å². The quantitative estimate of drug-likeness (QED) is 0.219. The van der Waals surface area contributed by atoms with Gasteiger partial charge in [0.2, 0.25) is 5.95 Å². The first-order valence-corrected chi connectivity index (χ1v) is 14.6. The Balaban J connectivity index is 1.24. The summed E-state index contributed by atoms with van der Waals surface area (Å²) in [7, 11) is 0. The van der Waals surface area contributed by atoms with Gasteiger partial charge in [0.15, 0.2) is 5.78 Å². The molecule has 0 saturated carbocycles. The molecule has 5 aromatic rings. The average molecular weight is 573 g/mol. The monoisotopic (exact) mass is 572 g/mol. The summed E-state index contributed by atoms with van der Waals surface area (Å²) in [4.78, 5) is 41.0. The molecular weight excluding hydrogens is 540 g/mol. The van der Waals surface area contributed by atoms with Crippen molar-refractivity contribution in [2.75, 3.05) is 29.0 Å². The molecule has 0 amide bonds. The minimum Gasteiger partial charge on any atom is -0.381 e. The summed E-state index contributed by atoms with van der Waals surface area (Å²) in [6, 6.07) is 21.0. The molecule has 0 bridgehead atoms. The summed E-state index contributed by atoms with van der Waals surface area (Å²) in [5.74, 6) is 0.319. The van der Waals surface area contributed by atoms with E-state index in [0.717, 1.165) is 42.0 Å². The lowest BCUT2D eigenvalue weighted by Gasteiger charge is -2.26. The number of anilines is 5. The summed E-state index contributed by atoms with van der Waals surface area (Å²) in [5.41, 5.74) is 5.00. The van der Waals surface area contributed by atoms with Crippen LogP contribution in [0.2, 0.25) is 0 Å². The number of hydrogen-bond donors (Lipinski definition) is 4. The third kappa shape index (κ3) is 5.69. The van der Waals surface area contributed by atoms with Gasteiger partial charge in [-0.1, -0.05) is 24.3 Å². The van der Waals surface area contributed by atoms with Crippen molar-refractivity contribution < 1.29 is 4.79 Å². The van der Waals surface area contributed by atoms with Crippen LogP contribution in [-0.4, -0.2) is 44.4 Å². The van der Waals surface area contributed by atoms with Crippen LogP contribution < -0.4 is 26.8 Å². The second-order valence-corrected chi connectivity index (χ2v) is 11.1. The highest BCUT2D eigenvalue weighted by atomic mass is 16.1. The number of rotatable bonds is 7. The predicted molar refractivity (Wildman–Crippen MR) is 168 cm³/mol. The zero-order valence-electron chi connectivity index (χ0n) is 23.6. The van der Waals surface area contributed by atoms with Gasteiger partial charge in [0.05, 0.1) is 11.9 Å². The SMILES string of the molecule is O=C1Cc2ccccc2CC1n1c(=O)c(Nc2cccnc2)cc2cnc(Nc3ccc(NC4CCCNC4)cc3)nc21. The molecule has 1 aliphatic carbocycles. The van der Waals surface area contributed by atoms with Crippen molar-refractivity contribution in [1.82, 2.24) is 24.8 Å². The molecule has 43 heavy (non-hydrogen) atoms. The van der Waals surface area contributed by atoms with E-state index in [1.165, 1.54) is 11.0 Å². The van der Waals surface area contributed by atoms with Gasteiger partial charge in [-0.2, -0.15) is 4.98 Å². The Morgan fingerprint density at radius 2 is 1.72 bits per heavy atom. The predicted octanol–water partition coefficient (Wildman–Crippen LogP) is 4.75. The van der Waals surface area contributed by atoms with Crippen molar-refractivity contribution in [3.05, 3.63) is 107 Å². The number of ketones is 1. The van der Waals surface area contributed by atoms with Crippen molar-refractivity contribution >= 4 is 45.5 Å². The molecule has 0 radical (unpaired) electrons. The maximum atomic E-state index is 14.1. The fraction of sp³-hybridized carbons (Fsp3) is 0.242. The minimum absolute atomic E-state index is 0.0231. The Morgan fingerprint density at radius 3 is 2.51 bits per heavy atom. The molecule has 1 saturated heterocycles. The highest BCUT2D eigenvalue weighted by Crippen LogP contribution is 2.29. The first-order valence-electron chi connectivity index (χ1n) is 14.6. The second kappa shape index (κ2) is 11.7. The fourth-order valence-electron chi connectivity index (χ4n) is 5.93. The number of nitrogens with zero attached hydrogens (tertiary/aromatic N) is 4. The Hall–Kier alpha value is -5.09. The molecule has 4 N–H and O–H groups in total. The van der Waals surface area contributed by atoms with E-state index in [-0.39, 0.29) is 17.8 Å². The lowest BCUT2D eigenvalue weighted by Crippen LogP contribution is -2.38. The lowest BCUT2D eigenvalue weighted by molar-refractivity contribution is -0.122. The molecule has 7 rings (SSSR count). The molecule has 10 heteroatoms. The van der Waals surface area contributed by atoms with Gasteiger partial charge in [0.1, 0.15) is 17.4 Å². The summed E-state index contributed by atoms with van der Waals surface area (Å²) in [6.07, 6.45) is 7.99. The van der Waals surface area contributed by atoms with Gasteiger partial charge in [-0.3, -0.25) is 19.1 Å². The largest absolute Gasteiger partial charge is 0.381 e. The standard InChI is InChI=1S/C33H32N8O2/c42-30-17-22-6-2-1-5-21(22)16-29(30)41-31-23(15-28(32(41)43)38-27-8-4-14-35-20-27)18-36-33(40-31)39-25-11-9-24(10-12-25)37-26-7-3-13-34-19-26/h1-2,4-6,8-12,14-15,18,20,26,29,34,37-38H,3,7,13,16-17,19H2,(H,36,39,40). The molecular formula is C33H32N8O2. The van der Waals surface area contributed by atoms with Crippen LogP contribution in [-0.2, 0) is 17.6 Å². The van der Waals surface area contributed by atoms with Crippen LogP contribution in [0.4, 0.5) is 28.7 Å². The van der Waals surface area contributed by atoms with Crippen LogP contribution >= 0.6 is 0 Å². The van der Waals surface area contributed by atoms with E-state index in [9.17, 15) is 9.59 Å². The average Bonchev–Trinajstić information content (AvgIpc) is 3.04. The van der Waals surface area contributed by atoms with Crippen molar-refractivity contribution in [1.29, 1.82) is 0 Å². The van der Waals surface area contributed by atoms with E-state index in [4.69, 9.17) is 4.98 Å². The Kier molecular flexibility index (Phi) is 7.26. The molecule has 10 nitrogen and oxygen atoms in total. The summed E-state index contributed by atoms with van der Waals surface area (Å²) < 4.78 is 1.53. The zero-order valence-corrected chi connectivity index (χ0v) is 23.6. The summed E-state index contributed by atoms with van der Waals surface area (Å²) in [6.45, 7) is 2.03. The lowest BCUT2D eigenvalue weighted by atomic mass is 9.87. The van der Waals surface area contributed by atoms with Crippen LogP contribution in [0.5, 0.6) is 0 Å². The van der Waals surface area contributed by atoms with Crippen LogP contribution in [0, 0.1) is 0 Å². The van der Waals surface area contributed by atoms with Gasteiger partial charge in [-0.15, -0.1) is 0 Å². The van der Waals surface area contributed by atoms with E-state index < -0.39 is 6.04 Å².